The van der Waals surface area contributed by atoms with E-state index in [0.717, 1.165) is 24.0 Å². The van der Waals surface area contributed by atoms with Crippen molar-refractivity contribution in [2.45, 2.75) is 25.8 Å². The minimum atomic E-state index is -0.444. The predicted molar refractivity (Wildman–Crippen MR) is 103 cm³/mol. The molecule has 0 atom stereocenters. The molecular weight excluding hydrogens is 363 g/mol. The first-order valence-corrected chi connectivity index (χ1v) is 8.21. The monoisotopic (exact) mass is 388 g/mol. The molecule has 3 N–H and O–H groups in total. The summed E-state index contributed by atoms with van der Waals surface area (Å²) in [4.78, 5) is 16.8. The standard InChI is InChI=1S/C17H24N4O2.2ClH/c18-12-17(6-10-23-11-7-17)16(22)19-8-3-9-21-13-20-14-4-1-2-5-15(14)21;;/h1-2,4-5,13H,3,6-12,18H2,(H,19,22);2*1H. The Morgan fingerprint density at radius 3 is 2.72 bits per heavy atom. The summed E-state index contributed by atoms with van der Waals surface area (Å²) in [6.07, 6.45) is 4.14. The Labute approximate surface area is 160 Å². The molecule has 2 aromatic rings. The number of fused-ring (bicyclic) bond motifs is 1. The van der Waals surface area contributed by atoms with Crippen LogP contribution in [0.25, 0.3) is 11.0 Å². The Morgan fingerprint density at radius 2 is 2.00 bits per heavy atom. The number of amides is 1. The molecule has 0 unspecified atom stereocenters. The van der Waals surface area contributed by atoms with Crippen LogP contribution in [0, 0.1) is 5.41 Å². The molecule has 1 aromatic heterocycles. The highest BCUT2D eigenvalue weighted by molar-refractivity contribution is 5.85. The predicted octanol–water partition coefficient (Wildman–Crippen LogP) is 2.14. The fourth-order valence-electron chi connectivity index (χ4n) is 3.11. The summed E-state index contributed by atoms with van der Waals surface area (Å²) < 4.78 is 7.47. The number of hydrogen-bond donors (Lipinski definition) is 2. The number of carbonyl (C=O) groups is 1. The number of halogens is 2. The second-order valence-electron chi connectivity index (χ2n) is 6.13. The van der Waals surface area contributed by atoms with Crippen LogP contribution >= 0.6 is 24.8 Å². The third kappa shape index (κ3) is 4.85. The van der Waals surface area contributed by atoms with Gasteiger partial charge in [-0.25, -0.2) is 4.98 Å². The minimum absolute atomic E-state index is 0. The molecule has 0 saturated carbocycles. The lowest BCUT2D eigenvalue weighted by molar-refractivity contribution is -0.135. The van der Waals surface area contributed by atoms with Crippen LogP contribution in [0.3, 0.4) is 0 Å². The number of para-hydroxylation sites is 2. The van der Waals surface area contributed by atoms with Crippen molar-refractivity contribution in [1.82, 2.24) is 14.9 Å². The number of rotatable bonds is 6. The van der Waals surface area contributed by atoms with Crippen LogP contribution in [-0.4, -0.2) is 41.8 Å². The van der Waals surface area contributed by atoms with Gasteiger partial charge in [0.05, 0.1) is 22.8 Å². The van der Waals surface area contributed by atoms with E-state index in [-0.39, 0.29) is 30.7 Å². The number of nitrogens with one attached hydrogen (secondary N) is 1. The molecule has 140 valence electrons. The van der Waals surface area contributed by atoms with Crippen LogP contribution in [0.15, 0.2) is 30.6 Å². The molecule has 6 nitrogen and oxygen atoms in total. The fraction of sp³-hybridized carbons (Fsp3) is 0.529. The van der Waals surface area contributed by atoms with Crippen LogP contribution in [0.5, 0.6) is 0 Å². The number of nitrogens with two attached hydrogens (primary N) is 1. The summed E-state index contributed by atoms with van der Waals surface area (Å²) in [6, 6.07) is 8.06. The minimum Gasteiger partial charge on any atom is -0.381 e. The lowest BCUT2D eigenvalue weighted by atomic mass is 9.79. The SMILES string of the molecule is Cl.Cl.NCC1(C(=O)NCCCn2cnc3ccccc32)CCOCC1. The van der Waals surface area contributed by atoms with E-state index in [4.69, 9.17) is 10.5 Å². The van der Waals surface area contributed by atoms with Crippen molar-refractivity contribution in [1.29, 1.82) is 0 Å². The van der Waals surface area contributed by atoms with Gasteiger partial charge in [0.1, 0.15) is 0 Å². The second-order valence-corrected chi connectivity index (χ2v) is 6.13. The van der Waals surface area contributed by atoms with Crippen LogP contribution in [0.2, 0.25) is 0 Å². The van der Waals surface area contributed by atoms with Gasteiger partial charge >= 0.3 is 0 Å². The Kier molecular flexibility index (Phi) is 8.65. The molecule has 1 aliphatic heterocycles. The topological polar surface area (TPSA) is 82.2 Å². The van der Waals surface area contributed by atoms with Gasteiger partial charge in [0.15, 0.2) is 0 Å². The number of aromatic nitrogens is 2. The number of ether oxygens (including phenoxy) is 1. The lowest BCUT2D eigenvalue weighted by Gasteiger charge is -2.34. The number of nitrogens with zero attached hydrogens (tertiary/aromatic N) is 2. The maximum atomic E-state index is 12.5. The van der Waals surface area contributed by atoms with Gasteiger partial charge in [0.2, 0.25) is 5.91 Å². The summed E-state index contributed by atoms with van der Waals surface area (Å²) in [7, 11) is 0. The number of carbonyl (C=O) groups excluding carboxylic acids is 1. The maximum absolute atomic E-state index is 12.5. The van der Waals surface area contributed by atoms with E-state index in [1.165, 1.54) is 0 Å². The van der Waals surface area contributed by atoms with E-state index in [2.05, 4.69) is 20.9 Å². The highest BCUT2D eigenvalue weighted by Gasteiger charge is 2.38. The third-order valence-corrected chi connectivity index (χ3v) is 4.71. The summed E-state index contributed by atoms with van der Waals surface area (Å²) >= 11 is 0. The first-order chi connectivity index (χ1) is 11.2. The van der Waals surface area contributed by atoms with Crippen LogP contribution in [0.1, 0.15) is 19.3 Å². The van der Waals surface area contributed by atoms with Gasteiger partial charge in [-0.05, 0) is 31.4 Å². The van der Waals surface area contributed by atoms with Gasteiger partial charge in [0, 0.05) is 32.8 Å². The van der Waals surface area contributed by atoms with Gasteiger partial charge in [-0.3, -0.25) is 4.79 Å². The molecule has 0 aliphatic carbocycles. The molecule has 8 heteroatoms. The highest BCUT2D eigenvalue weighted by atomic mass is 35.5. The Bertz CT molecular complexity index is 671. The average Bonchev–Trinajstić information content (AvgIpc) is 3.02. The zero-order valence-corrected chi connectivity index (χ0v) is 15.8. The van der Waals surface area contributed by atoms with Crippen molar-refractivity contribution in [3.8, 4) is 0 Å². The van der Waals surface area contributed by atoms with Gasteiger partial charge in [-0.2, -0.15) is 0 Å². The molecule has 1 amide bonds. The number of imidazole rings is 1. The van der Waals surface area contributed by atoms with Gasteiger partial charge in [-0.1, -0.05) is 12.1 Å². The number of aryl methyl sites for hydroxylation is 1. The first kappa shape index (κ1) is 21.7. The summed E-state index contributed by atoms with van der Waals surface area (Å²) in [5, 5.41) is 3.05. The fourth-order valence-corrected chi connectivity index (χ4v) is 3.11. The van der Waals surface area contributed by atoms with E-state index in [1.807, 2.05) is 24.5 Å². The number of benzene rings is 1. The summed E-state index contributed by atoms with van der Waals surface area (Å²) in [6.45, 7) is 3.10. The number of hydrogen-bond acceptors (Lipinski definition) is 4. The molecule has 3 rings (SSSR count). The molecular formula is C17H26Cl2N4O2. The maximum Gasteiger partial charge on any atom is 0.227 e. The average molecular weight is 389 g/mol. The third-order valence-electron chi connectivity index (χ3n) is 4.71. The van der Waals surface area contributed by atoms with Crippen molar-refractivity contribution in [3.05, 3.63) is 30.6 Å². The largest absolute Gasteiger partial charge is 0.381 e. The van der Waals surface area contributed by atoms with E-state index < -0.39 is 5.41 Å². The normalized spacial score (nSPS) is 15.9. The van der Waals surface area contributed by atoms with Crippen molar-refractivity contribution in [2.75, 3.05) is 26.3 Å². The van der Waals surface area contributed by atoms with E-state index in [1.54, 1.807) is 0 Å². The summed E-state index contributed by atoms with van der Waals surface area (Å²) in [5.74, 6) is 0.0683. The van der Waals surface area contributed by atoms with Gasteiger partial charge < -0.3 is 20.4 Å². The van der Waals surface area contributed by atoms with Crippen molar-refractivity contribution < 1.29 is 9.53 Å². The highest BCUT2D eigenvalue weighted by Crippen LogP contribution is 2.29. The lowest BCUT2D eigenvalue weighted by Crippen LogP contribution is -2.49. The van der Waals surface area contributed by atoms with Crippen LogP contribution < -0.4 is 11.1 Å². The van der Waals surface area contributed by atoms with Gasteiger partial charge in [0.25, 0.3) is 0 Å². The van der Waals surface area contributed by atoms with Crippen molar-refractivity contribution in [2.24, 2.45) is 11.1 Å². The molecule has 2 heterocycles. The van der Waals surface area contributed by atoms with Crippen molar-refractivity contribution >= 4 is 41.8 Å². The molecule has 0 radical (unpaired) electrons. The van der Waals surface area contributed by atoms with Crippen LogP contribution in [0.4, 0.5) is 0 Å². The molecule has 1 saturated heterocycles. The van der Waals surface area contributed by atoms with E-state index >= 15 is 0 Å². The van der Waals surface area contributed by atoms with E-state index in [0.29, 0.717) is 39.1 Å². The molecule has 0 spiro atoms. The Balaban J connectivity index is 0.00000156. The zero-order valence-electron chi connectivity index (χ0n) is 14.1. The Hall–Kier alpha value is -1.34. The zero-order chi connectivity index (χ0) is 16.1. The molecule has 25 heavy (non-hydrogen) atoms. The molecule has 1 aliphatic rings. The molecule has 0 bridgehead atoms. The first-order valence-electron chi connectivity index (χ1n) is 8.21. The van der Waals surface area contributed by atoms with Crippen LogP contribution in [-0.2, 0) is 16.1 Å². The second kappa shape index (κ2) is 9.97. The summed E-state index contributed by atoms with van der Waals surface area (Å²) in [5.41, 5.74) is 7.54. The quantitative estimate of drug-likeness (QED) is 0.742. The van der Waals surface area contributed by atoms with Gasteiger partial charge in [-0.15, -0.1) is 24.8 Å². The van der Waals surface area contributed by atoms with Crippen molar-refractivity contribution in [3.63, 3.8) is 0 Å². The smallest absolute Gasteiger partial charge is 0.227 e. The molecule has 1 aromatic carbocycles. The van der Waals surface area contributed by atoms with E-state index in [9.17, 15) is 4.79 Å². The Morgan fingerprint density at radius 1 is 1.28 bits per heavy atom. The molecule has 1 fully saturated rings.